The third-order valence-electron chi connectivity index (χ3n) is 3.63. The predicted molar refractivity (Wildman–Crippen MR) is 73.7 cm³/mol. The van der Waals surface area contributed by atoms with E-state index in [-0.39, 0.29) is 11.9 Å². The third kappa shape index (κ3) is 3.24. The Morgan fingerprint density at radius 1 is 1.28 bits per heavy atom. The summed E-state index contributed by atoms with van der Waals surface area (Å²) in [5, 5.41) is 3.74. The van der Waals surface area contributed by atoms with Gasteiger partial charge in [0.05, 0.1) is 0 Å². The first-order valence-electron chi connectivity index (χ1n) is 6.47. The summed E-state index contributed by atoms with van der Waals surface area (Å²) in [6.07, 6.45) is 4.53. The Kier molecular flexibility index (Phi) is 4.61. The van der Waals surface area contributed by atoms with E-state index < -0.39 is 0 Å². The van der Waals surface area contributed by atoms with E-state index in [9.17, 15) is 4.79 Å². The number of hydrogen-bond acceptors (Lipinski definition) is 2. The summed E-state index contributed by atoms with van der Waals surface area (Å²) in [7, 11) is 0. The van der Waals surface area contributed by atoms with E-state index in [0.717, 1.165) is 12.8 Å². The summed E-state index contributed by atoms with van der Waals surface area (Å²) in [5.74, 6) is 0.381. The molecule has 3 N–H and O–H groups in total. The highest BCUT2D eigenvalue weighted by molar-refractivity contribution is 6.30. The zero-order chi connectivity index (χ0) is 13.0. The van der Waals surface area contributed by atoms with Crippen molar-refractivity contribution in [2.75, 3.05) is 6.54 Å². The quantitative estimate of drug-likeness (QED) is 0.884. The minimum atomic E-state index is -0.0305. The molecule has 1 aromatic carbocycles. The molecule has 1 saturated carbocycles. The lowest BCUT2D eigenvalue weighted by Crippen LogP contribution is -2.44. The van der Waals surface area contributed by atoms with Crippen LogP contribution < -0.4 is 11.1 Å². The normalized spacial score (nSPS) is 23.7. The van der Waals surface area contributed by atoms with E-state index in [4.69, 9.17) is 17.3 Å². The fourth-order valence-electron chi connectivity index (χ4n) is 2.53. The first kappa shape index (κ1) is 13.4. The highest BCUT2D eigenvalue weighted by Crippen LogP contribution is 2.23. The van der Waals surface area contributed by atoms with Gasteiger partial charge in [-0.25, -0.2) is 0 Å². The van der Waals surface area contributed by atoms with Crippen LogP contribution in [0.2, 0.25) is 5.02 Å². The summed E-state index contributed by atoms with van der Waals surface area (Å²) >= 11 is 5.81. The van der Waals surface area contributed by atoms with Crippen LogP contribution >= 0.6 is 11.6 Å². The first-order chi connectivity index (χ1) is 8.70. The van der Waals surface area contributed by atoms with Crippen LogP contribution in [0.5, 0.6) is 0 Å². The zero-order valence-corrected chi connectivity index (χ0v) is 11.1. The SMILES string of the molecule is NCC1CCCCC1NC(=O)c1ccc(Cl)cc1. The van der Waals surface area contributed by atoms with Gasteiger partial charge in [0.2, 0.25) is 0 Å². The average molecular weight is 267 g/mol. The topological polar surface area (TPSA) is 55.1 Å². The van der Waals surface area contributed by atoms with Gasteiger partial charge in [-0.3, -0.25) is 4.79 Å². The number of nitrogens with two attached hydrogens (primary N) is 1. The molecular weight excluding hydrogens is 248 g/mol. The molecule has 3 nitrogen and oxygen atoms in total. The van der Waals surface area contributed by atoms with Gasteiger partial charge in [0.25, 0.3) is 5.91 Å². The molecule has 98 valence electrons. The van der Waals surface area contributed by atoms with Crippen LogP contribution in [0.1, 0.15) is 36.0 Å². The number of benzene rings is 1. The van der Waals surface area contributed by atoms with Gasteiger partial charge < -0.3 is 11.1 Å². The van der Waals surface area contributed by atoms with Crippen molar-refractivity contribution in [1.82, 2.24) is 5.32 Å². The largest absolute Gasteiger partial charge is 0.349 e. The Labute approximate surface area is 113 Å². The van der Waals surface area contributed by atoms with Gasteiger partial charge in [-0.2, -0.15) is 0 Å². The third-order valence-corrected chi connectivity index (χ3v) is 3.89. The molecule has 0 spiro atoms. The molecule has 0 heterocycles. The molecular formula is C14H19ClN2O. The summed E-state index contributed by atoms with van der Waals surface area (Å²) < 4.78 is 0. The molecule has 1 aliphatic carbocycles. The molecule has 0 aliphatic heterocycles. The van der Waals surface area contributed by atoms with E-state index in [1.54, 1.807) is 24.3 Å². The lowest BCUT2D eigenvalue weighted by Gasteiger charge is -2.31. The van der Waals surface area contributed by atoms with Crippen molar-refractivity contribution in [2.24, 2.45) is 11.7 Å². The number of carbonyl (C=O) groups excluding carboxylic acids is 1. The first-order valence-corrected chi connectivity index (χ1v) is 6.85. The fourth-order valence-corrected chi connectivity index (χ4v) is 2.66. The van der Waals surface area contributed by atoms with Crippen molar-refractivity contribution < 1.29 is 4.79 Å². The van der Waals surface area contributed by atoms with Crippen molar-refractivity contribution in [3.8, 4) is 0 Å². The molecule has 1 aliphatic rings. The van der Waals surface area contributed by atoms with Crippen LogP contribution in [0.4, 0.5) is 0 Å². The lowest BCUT2D eigenvalue weighted by molar-refractivity contribution is 0.0908. The van der Waals surface area contributed by atoms with Gasteiger partial charge in [0.1, 0.15) is 0 Å². The molecule has 0 radical (unpaired) electrons. The Morgan fingerprint density at radius 3 is 2.61 bits per heavy atom. The summed E-state index contributed by atoms with van der Waals surface area (Å²) in [5.41, 5.74) is 6.41. The maximum Gasteiger partial charge on any atom is 0.251 e. The van der Waals surface area contributed by atoms with E-state index in [1.165, 1.54) is 12.8 Å². The number of rotatable bonds is 3. The molecule has 2 rings (SSSR count). The van der Waals surface area contributed by atoms with Crippen LogP contribution in [0.3, 0.4) is 0 Å². The molecule has 2 atom stereocenters. The second-order valence-corrected chi connectivity index (χ2v) is 5.30. The average Bonchev–Trinajstić information content (AvgIpc) is 2.40. The number of nitrogens with one attached hydrogen (secondary N) is 1. The smallest absolute Gasteiger partial charge is 0.251 e. The Hall–Kier alpha value is -1.06. The second kappa shape index (κ2) is 6.21. The van der Waals surface area contributed by atoms with Crippen LogP contribution in [0, 0.1) is 5.92 Å². The minimum absolute atomic E-state index is 0.0305. The summed E-state index contributed by atoms with van der Waals surface area (Å²) in [4.78, 5) is 12.1. The molecule has 0 saturated heterocycles. The van der Waals surface area contributed by atoms with Crippen LogP contribution in [0.25, 0.3) is 0 Å². The second-order valence-electron chi connectivity index (χ2n) is 4.87. The van der Waals surface area contributed by atoms with Gasteiger partial charge in [-0.15, -0.1) is 0 Å². The molecule has 0 bridgehead atoms. The Morgan fingerprint density at radius 2 is 1.94 bits per heavy atom. The lowest BCUT2D eigenvalue weighted by atomic mass is 9.84. The van der Waals surface area contributed by atoms with E-state index in [2.05, 4.69) is 5.32 Å². The number of halogens is 1. The number of amides is 1. The monoisotopic (exact) mass is 266 g/mol. The Bertz CT molecular complexity index is 405. The van der Waals surface area contributed by atoms with Crippen molar-refractivity contribution in [2.45, 2.75) is 31.7 Å². The van der Waals surface area contributed by atoms with Gasteiger partial charge in [-0.05, 0) is 49.6 Å². The van der Waals surface area contributed by atoms with Gasteiger partial charge in [0.15, 0.2) is 0 Å². The number of carbonyl (C=O) groups is 1. The fraction of sp³-hybridized carbons (Fsp3) is 0.500. The predicted octanol–water partition coefficient (Wildman–Crippen LogP) is 2.59. The molecule has 1 amide bonds. The van der Waals surface area contributed by atoms with E-state index in [0.29, 0.717) is 23.0 Å². The Balaban J connectivity index is 1.99. The molecule has 2 unspecified atom stereocenters. The zero-order valence-electron chi connectivity index (χ0n) is 10.4. The molecule has 4 heteroatoms. The number of hydrogen-bond donors (Lipinski definition) is 2. The maximum absolute atomic E-state index is 12.1. The summed E-state index contributed by atoms with van der Waals surface area (Å²) in [6, 6.07) is 7.18. The van der Waals surface area contributed by atoms with Gasteiger partial charge in [-0.1, -0.05) is 24.4 Å². The van der Waals surface area contributed by atoms with Gasteiger partial charge in [0, 0.05) is 16.6 Å². The van der Waals surface area contributed by atoms with Gasteiger partial charge >= 0.3 is 0 Å². The van der Waals surface area contributed by atoms with E-state index >= 15 is 0 Å². The van der Waals surface area contributed by atoms with Crippen LogP contribution in [-0.2, 0) is 0 Å². The van der Waals surface area contributed by atoms with Crippen molar-refractivity contribution in [3.05, 3.63) is 34.9 Å². The molecule has 18 heavy (non-hydrogen) atoms. The minimum Gasteiger partial charge on any atom is -0.349 e. The van der Waals surface area contributed by atoms with Crippen molar-refractivity contribution >= 4 is 17.5 Å². The molecule has 1 fully saturated rings. The van der Waals surface area contributed by atoms with Crippen molar-refractivity contribution in [3.63, 3.8) is 0 Å². The molecule has 0 aromatic heterocycles. The van der Waals surface area contributed by atoms with Crippen molar-refractivity contribution in [1.29, 1.82) is 0 Å². The van der Waals surface area contributed by atoms with E-state index in [1.807, 2.05) is 0 Å². The standard InChI is InChI=1S/C14H19ClN2O/c15-12-7-5-10(6-8-12)14(18)17-13-4-2-1-3-11(13)9-16/h5-8,11,13H,1-4,9,16H2,(H,17,18). The van der Waals surface area contributed by atoms with Crippen LogP contribution in [0.15, 0.2) is 24.3 Å². The highest BCUT2D eigenvalue weighted by Gasteiger charge is 2.25. The van der Waals surface area contributed by atoms with Crippen LogP contribution in [-0.4, -0.2) is 18.5 Å². The maximum atomic E-state index is 12.1. The highest BCUT2D eigenvalue weighted by atomic mass is 35.5. The summed E-state index contributed by atoms with van der Waals surface area (Å²) in [6.45, 7) is 0.644. The molecule has 1 aromatic rings.